The van der Waals surface area contributed by atoms with E-state index in [2.05, 4.69) is 42.2 Å². The summed E-state index contributed by atoms with van der Waals surface area (Å²) in [5, 5.41) is 1.20. The van der Waals surface area contributed by atoms with Gasteiger partial charge in [0.2, 0.25) is 0 Å². The van der Waals surface area contributed by atoms with E-state index in [4.69, 9.17) is 5.73 Å². The lowest BCUT2D eigenvalue weighted by Crippen LogP contribution is -2.28. The number of aromatic nitrogens is 1. The van der Waals surface area contributed by atoms with Crippen molar-refractivity contribution in [1.82, 2.24) is 4.37 Å². The minimum atomic E-state index is 0.643. The molecule has 114 valence electrons. The third-order valence-corrected chi connectivity index (χ3v) is 4.99. The lowest BCUT2D eigenvalue weighted by atomic mass is 10.0. The van der Waals surface area contributed by atoms with Crippen LogP contribution in [0, 0.1) is 5.92 Å². The fourth-order valence-corrected chi connectivity index (χ4v) is 3.51. The summed E-state index contributed by atoms with van der Waals surface area (Å²) in [5.41, 5.74) is 8.38. The normalized spacial score (nSPS) is 11.0. The van der Waals surface area contributed by atoms with Crippen molar-refractivity contribution >= 4 is 22.4 Å². The lowest BCUT2D eigenvalue weighted by Gasteiger charge is -2.26. The zero-order valence-electron chi connectivity index (χ0n) is 13.2. The van der Waals surface area contributed by atoms with E-state index in [0.717, 1.165) is 30.1 Å². The predicted molar refractivity (Wildman–Crippen MR) is 93.9 cm³/mol. The highest BCUT2D eigenvalue weighted by Gasteiger charge is 2.20. The van der Waals surface area contributed by atoms with Crippen LogP contribution < -0.4 is 10.6 Å². The summed E-state index contributed by atoms with van der Waals surface area (Å²) in [5.74, 6) is 1.36. The molecule has 0 saturated carbocycles. The summed E-state index contributed by atoms with van der Waals surface area (Å²) in [6.07, 6.45) is 2.42. The Bertz CT molecular complexity index is 546. The Balaban J connectivity index is 2.35. The number of anilines is 2. The first-order valence-corrected chi connectivity index (χ1v) is 8.54. The first-order chi connectivity index (χ1) is 10.2. The second-order valence-corrected chi connectivity index (χ2v) is 6.09. The Morgan fingerprint density at radius 3 is 2.38 bits per heavy atom. The minimum Gasteiger partial charge on any atom is -0.382 e. The molecule has 2 rings (SSSR count). The van der Waals surface area contributed by atoms with Crippen molar-refractivity contribution < 1.29 is 0 Å². The molecule has 0 aliphatic carbocycles. The number of hydrogen-bond acceptors (Lipinski definition) is 4. The number of nitrogens with zero attached hydrogens (tertiary/aromatic N) is 2. The second-order valence-electron chi connectivity index (χ2n) is 5.34. The maximum atomic E-state index is 6.13. The molecule has 0 spiro atoms. The maximum Gasteiger partial charge on any atom is 0.147 e. The van der Waals surface area contributed by atoms with Crippen LogP contribution in [-0.4, -0.2) is 17.5 Å². The fraction of sp³-hybridized carbons (Fsp3) is 0.471. The van der Waals surface area contributed by atoms with Gasteiger partial charge >= 0.3 is 0 Å². The number of benzene rings is 1. The zero-order chi connectivity index (χ0) is 15.2. The van der Waals surface area contributed by atoms with Crippen molar-refractivity contribution in [2.24, 2.45) is 5.92 Å². The Morgan fingerprint density at radius 2 is 1.81 bits per heavy atom. The Morgan fingerprint density at radius 1 is 1.14 bits per heavy atom. The second kappa shape index (κ2) is 7.46. The van der Waals surface area contributed by atoms with E-state index in [9.17, 15) is 0 Å². The lowest BCUT2D eigenvalue weighted by molar-refractivity contribution is 0.487. The molecule has 0 aliphatic heterocycles. The molecule has 4 heteroatoms. The van der Waals surface area contributed by atoms with E-state index in [1.54, 1.807) is 0 Å². The van der Waals surface area contributed by atoms with Crippen LogP contribution in [0.2, 0.25) is 0 Å². The highest BCUT2D eigenvalue weighted by molar-refractivity contribution is 7.11. The smallest absolute Gasteiger partial charge is 0.147 e. The van der Waals surface area contributed by atoms with E-state index in [1.165, 1.54) is 29.4 Å². The molecule has 0 fully saturated rings. The molecule has 2 N–H and O–H groups in total. The van der Waals surface area contributed by atoms with Crippen LogP contribution in [0.5, 0.6) is 0 Å². The molecule has 21 heavy (non-hydrogen) atoms. The van der Waals surface area contributed by atoms with Gasteiger partial charge in [-0.25, -0.2) is 0 Å². The van der Waals surface area contributed by atoms with Crippen molar-refractivity contribution in [3.8, 4) is 11.1 Å². The summed E-state index contributed by atoms with van der Waals surface area (Å²) in [6.45, 7) is 8.79. The van der Waals surface area contributed by atoms with Crippen LogP contribution in [0.25, 0.3) is 11.1 Å². The molecule has 3 nitrogen and oxygen atoms in total. The van der Waals surface area contributed by atoms with Gasteiger partial charge in [-0.1, -0.05) is 57.0 Å². The van der Waals surface area contributed by atoms with Gasteiger partial charge in [0, 0.05) is 13.1 Å². The summed E-state index contributed by atoms with van der Waals surface area (Å²) < 4.78 is 4.40. The average molecular weight is 303 g/mol. The van der Waals surface area contributed by atoms with E-state index in [1.807, 2.05) is 18.2 Å². The zero-order valence-corrected chi connectivity index (χ0v) is 14.0. The minimum absolute atomic E-state index is 0.643. The monoisotopic (exact) mass is 303 g/mol. The van der Waals surface area contributed by atoms with Gasteiger partial charge in [-0.3, -0.25) is 0 Å². The van der Waals surface area contributed by atoms with Crippen LogP contribution in [0.15, 0.2) is 30.3 Å². The van der Waals surface area contributed by atoms with Gasteiger partial charge in [-0.15, -0.1) is 0 Å². The van der Waals surface area contributed by atoms with E-state index < -0.39 is 0 Å². The maximum absolute atomic E-state index is 6.13. The van der Waals surface area contributed by atoms with E-state index in [-0.39, 0.29) is 0 Å². The first-order valence-electron chi connectivity index (χ1n) is 7.76. The molecule has 1 aromatic heterocycles. The van der Waals surface area contributed by atoms with Gasteiger partial charge < -0.3 is 10.6 Å². The van der Waals surface area contributed by atoms with Crippen LogP contribution in [0.3, 0.4) is 0 Å². The van der Waals surface area contributed by atoms with Crippen molar-refractivity contribution in [2.75, 3.05) is 23.7 Å². The van der Waals surface area contributed by atoms with Crippen LogP contribution in [-0.2, 0) is 0 Å². The molecule has 0 aliphatic rings. The largest absolute Gasteiger partial charge is 0.382 e. The average Bonchev–Trinajstić information content (AvgIpc) is 2.91. The molecule has 1 heterocycles. The third kappa shape index (κ3) is 3.56. The summed E-state index contributed by atoms with van der Waals surface area (Å²) in [7, 11) is 0. The number of nitrogen functional groups attached to an aromatic ring is 1. The summed E-state index contributed by atoms with van der Waals surface area (Å²) in [6, 6.07) is 10.3. The molecule has 0 bridgehead atoms. The standard InChI is InChI=1S/C17H25N3S/c1-4-13(5-2)12-20(6-3)17-15(16(18)19-21-17)14-10-8-7-9-11-14/h7-11,13H,4-6,12H2,1-3H3,(H2,18,19). The van der Waals surface area contributed by atoms with Crippen LogP contribution in [0.1, 0.15) is 33.6 Å². The molecule has 0 radical (unpaired) electrons. The number of hydrogen-bond donors (Lipinski definition) is 1. The molecular weight excluding hydrogens is 278 g/mol. The van der Waals surface area contributed by atoms with E-state index >= 15 is 0 Å². The topological polar surface area (TPSA) is 42.2 Å². The molecule has 0 unspecified atom stereocenters. The van der Waals surface area contributed by atoms with Gasteiger partial charge in [0.1, 0.15) is 10.8 Å². The van der Waals surface area contributed by atoms with Gasteiger partial charge in [0.05, 0.1) is 5.56 Å². The van der Waals surface area contributed by atoms with Crippen LogP contribution >= 0.6 is 11.5 Å². The molecule has 0 atom stereocenters. The van der Waals surface area contributed by atoms with Crippen molar-refractivity contribution in [1.29, 1.82) is 0 Å². The van der Waals surface area contributed by atoms with Gasteiger partial charge in [-0.05, 0) is 29.9 Å². The first kappa shape index (κ1) is 15.8. The van der Waals surface area contributed by atoms with Crippen LogP contribution in [0.4, 0.5) is 10.8 Å². The molecule has 0 saturated heterocycles. The van der Waals surface area contributed by atoms with Gasteiger partial charge in [0.15, 0.2) is 0 Å². The van der Waals surface area contributed by atoms with Gasteiger partial charge in [0.25, 0.3) is 0 Å². The number of nitrogens with two attached hydrogens (primary N) is 1. The summed E-state index contributed by atoms with van der Waals surface area (Å²) in [4.78, 5) is 2.42. The predicted octanol–water partition coefficient (Wildman–Crippen LogP) is 4.65. The van der Waals surface area contributed by atoms with Crippen molar-refractivity contribution in [3.63, 3.8) is 0 Å². The van der Waals surface area contributed by atoms with Gasteiger partial charge in [-0.2, -0.15) is 4.37 Å². The molecule has 2 aromatic rings. The molecule has 1 aromatic carbocycles. The molecular formula is C17H25N3S. The van der Waals surface area contributed by atoms with Crippen molar-refractivity contribution in [3.05, 3.63) is 30.3 Å². The quantitative estimate of drug-likeness (QED) is 0.809. The highest BCUT2D eigenvalue weighted by atomic mass is 32.1. The number of rotatable bonds is 7. The highest BCUT2D eigenvalue weighted by Crippen LogP contribution is 2.39. The van der Waals surface area contributed by atoms with Crippen molar-refractivity contribution in [2.45, 2.75) is 33.6 Å². The third-order valence-electron chi connectivity index (χ3n) is 4.07. The summed E-state index contributed by atoms with van der Waals surface area (Å²) >= 11 is 1.52. The fourth-order valence-electron chi connectivity index (χ4n) is 2.60. The molecule has 0 amide bonds. The SMILES string of the molecule is CCC(CC)CN(CC)c1snc(N)c1-c1ccccc1. The Kier molecular flexibility index (Phi) is 5.62. The Hall–Kier alpha value is -1.55. The van der Waals surface area contributed by atoms with E-state index in [0.29, 0.717) is 5.82 Å². The Labute approximate surface area is 132 Å².